The molecule has 0 bridgehead atoms. The van der Waals surface area contributed by atoms with E-state index in [0.717, 1.165) is 39.0 Å². The molecule has 2 heterocycles. The lowest BCUT2D eigenvalue weighted by Gasteiger charge is -2.21. The number of primary amides is 1. The first-order chi connectivity index (χ1) is 10.6. The van der Waals surface area contributed by atoms with Crippen LogP contribution in [0.3, 0.4) is 0 Å². The number of carbonyl (C=O) groups is 2. The molecule has 0 saturated carbocycles. The molecule has 2 aliphatic rings. The Morgan fingerprint density at radius 2 is 1.68 bits per heavy atom. The lowest BCUT2D eigenvalue weighted by molar-refractivity contribution is 0.0758. The van der Waals surface area contributed by atoms with E-state index in [1.165, 1.54) is 0 Å². The summed E-state index contributed by atoms with van der Waals surface area (Å²) < 4.78 is 0. The van der Waals surface area contributed by atoms with Crippen molar-refractivity contribution in [2.75, 3.05) is 31.5 Å². The largest absolute Gasteiger partial charge is 0.351 e. The minimum Gasteiger partial charge on any atom is -0.351 e. The van der Waals surface area contributed by atoms with E-state index in [0.29, 0.717) is 23.1 Å². The lowest BCUT2D eigenvalue weighted by Crippen LogP contribution is -2.32. The van der Waals surface area contributed by atoms with Crippen LogP contribution >= 0.6 is 0 Å². The summed E-state index contributed by atoms with van der Waals surface area (Å²) in [5.74, 6) is 1.48. The van der Waals surface area contributed by atoms with Crippen molar-refractivity contribution in [1.82, 2.24) is 10.2 Å². The second kappa shape index (κ2) is 6.36. The number of nitrogens with two attached hydrogens (primary N) is 1. The monoisotopic (exact) mass is 302 g/mol. The molecule has 3 rings (SSSR count). The first-order valence-corrected chi connectivity index (χ1v) is 7.80. The van der Waals surface area contributed by atoms with Crippen molar-refractivity contribution in [3.05, 3.63) is 29.8 Å². The molecule has 6 nitrogen and oxygen atoms in total. The summed E-state index contributed by atoms with van der Waals surface area (Å²) in [5.41, 5.74) is 6.32. The first kappa shape index (κ1) is 14.8. The third kappa shape index (κ3) is 3.22. The second-order valence-electron chi connectivity index (χ2n) is 6.11. The van der Waals surface area contributed by atoms with Crippen LogP contribution in [0.4, 0.5) is 10.5 Å². The summed E-state index contributed by atoms with van der Waals surface area (Å²) in [6.07, 6.45) is 2.15. The molecule has 0 aliphatic carbocycles. The number of hydrogen-bond acceptors (Lipinski definition) is 3. The summed E-state index contributed by atoms with van der Waals surface area (Å²) in [6, 6.07) is 6.27. The molecule has 3 amide bonds. The quantitative estimate of drug-likeness (QED) is 0.768. The van der Waals surface area contributed by atoms with Crippen molar-refractivity contribution in [2.45, 2.75) is 12.8 Å². The van der Waals surface area contributed by atoms with E-state index in [1.807, 2.05) is 4.90 Å². The Morgan fingerprint density at radius 3 is 2.23 bits per heavy atom. The number of hydrogen-bond donors (Lipinski definition) is 3. The zero-order chi connectivity index (χ0) is 15.5. The molecule has 2 aliphatic heterocycles. The summed E-state index contributed by atoms with van der Waals surface area (Å²) in [4.78, 5) is 25.4. The van der Waals surface area contributed by atoms with E-state index in [9.17, 15) is 9.59 Å². The maximum absolute atomic E-state index is 12.6. The SMILES string of the molecule is NC(=O)Nc1ccc(C(=O)N2CC[C@@H]3CNC[C@@H]3CC2)cc1. The highest BCUT2D eigenvalue weighted by molar-refractivity contribution is 5.95. The summed E-state index contributed by atoms with van der Waals surface area (Å²) in [7, 11) is 0. The molecular weight excluding hydrogens is 280 g/mol. The molecule has 2 fully saturated rings. The number of rotatable bonds is 2. The van der Waals surface area contributed by atoms with Crippen LogP contribution in [-0.2, 0) is 0 Å². The van der Waals surface area contributed by atoms with Gasteiger partial charge in [0.05, 0.1) is 0 Å². The van der Waals surface area contributed by atoms with Gasteiger partial charge in [-0.2, -0.15) is 0 Å². The fourth-order valence-corrected chi connectivity index (χ4v) is 3.44. The second-order valence-corrected chi connectivity index (χ2v) is 6.11. The molecule has 0 spiro atoms. The van der Waals surface area contributed by atoms with E-state index in [1.54, 1.807) is 24.3 Å². The maximum Gasteiger partial charge on any atom is 0.316 e. The highest BCUT2D eigenvalue weighted by atomic mass is 16.2. The van der Waals surface area contributed by atoms with Gasteiger partial charge in [-0.25, -0.2) is 4.79 Å². The molecule has 4 N–H and O–H groups in total. The van der Waals surface area contributed by atoms with Crippen LogP contribution in [0.5, 0.6) is 0 Å². The number of fused-ring (bicyclic) bond motifs is 1. The average Bonchev–Trinajstić information content (AvgIpc) is 2.85. The Morgan fingerprint density at radius 1 is 1.09 bits per heavy atom. The van der Waals surface area contributed by atoms with Crippen molar-refractivity contribution in [3.63, 3.8) is 0 Å². The topological polar surface area (TPSA) is 87.5 Å². The van der Waals surface area contributed by atoms with Gasteiger partial charge in [0.25, 0.3) is 5.91 Å². The van der Waals surface area contributed by atoms with Gasteiger partial charge >= 0.3 is 6.03 Å². The molecule has 22 heavy (non-hydrogen) atoms. The molecule has 2 atom stereocenters. The van der Waals surface area contributed by atoms with E-state index < -0.39 is 6.03 Å². The smallest absolute Gasteiger partial charge is 0.316 e. The Bertz CT molecular complexity index is 544. The minimum atomic E-state index is -0.605. The predicted octanol–water partition coefficient (Wildman–Crippen LogP) is 1.25. The number of anilines is 1. The number of benzene rings is 1. The van der Waals surface area contributed by atoms with E-state index in [2.05, 4.69) is 10.6 Å². The van der Waals surface area contributed by atoms with Crippen molar-refractivity contribution in [3.8, 4) is 0 Å². The maximum atomic E-state index is 12.6. The number of amides is 3. The third-order valence-electron chi connectivity index (χ3n) is 4.71. The van der Waals surface area contributed by atoms with Crippen LogP contribution in [-0.4, -0.2) is 43.0 Å². The van der Waals surface area contributed by atoms with Gasteiger partial charge in [0, 0.05) is 24.3 Å². The van der Waals surface area contributed by atoms with Crippen LogP contribution in [0.1, 0.15) is 23.2 Å². The van der Waals surface area contributed by atoms with Crippen LogP contribution in [0.25, 0.3) is 0 Å². The Hall–Kier alpha value is -2.08. The fraction of sp³-hybridized carbons (Fsp3) is 0.500. The van der Waals surface area contributed by atoms with Gasteiger partial charge < -0.3 is 21.3 Å². The van der Waals surface area contributed by atoms with Gasteiger partial charge in [-0.1, -0.05) is 0 Å². The molecule has 6 heteroatoms. The number of nitrogens with zero attached hydrogens (tertiary/aromatic N) is 1. The van der Waals surface area contributed by atoms with Crippen molar-refractivity contribution < 1.29 is 9.59 Å². The van der Waals surface area contributed by atoms with E-state index >= 15 is 0 Å². The van der Waals surface area contributed by atoms with Crippen LogP contribution < -0.4 is 16.4 Å². The summed E-state index contributed by atoms with van der Waals surface area (Å²) >= 11 is 0. The Labute approximate surface area is 130 Å². The average molecular weight is 302 g/mol. The van der Waals surface area contributed by atoms with Crippen LogP contribution in [0, 0.1) is 11.8 Å². The zero-order valence-electron chi connectivity index (χ0n) is 12.5. The van der Waals surface area contributed by atoms with Crippen LogP contribution in [0.15, 0.2) is 24.3 Å². The first-order valence-electron chi connectivity index (χ1n) is 7.80. The van der Waals surface area contributed by atoms with Crippen molar-refractivity contribution >= 4 is 17.6 Å². The Balaban J connectivity index is 1.64. The van der Waals surface area contributed by atoms with Gasteiger partial charge in [-0.05, 0) is 62.0 Å². The van der Waals surface area contributed by atoms with Gasteiger partial charge in [0.2, 0.25) is 0 Å². The summed E-state index contributed by atoms with van der Waals surface area (Å²) in [5, 5.41) is 5.94. The Kier molecular flexibility index (Phi) is 4.29. The molecule has 118 valence electrons. The highest BCUT2D eigenvalue weighted by Crippen LogP contribution is 2.27. The van der Waals surface area contributed by atoms with Gasteiger partial charge in [-0.15, -0.1) is 0 Å². The number of urea groups is 1. The normalized spacial score (nSPS) is 24.5. The van der Waals surface area contributed by atoms with Crippen molar-refractivity contribution in [1.29, 1.82) is 0 Å². The molecule has 0 unspecified atom stereocenters. The fourth-order valence-electron chi connectivity index (χ4n) is 3.44. The number of carbonyl (C=O) groups excluding carboxylic acids is 2. The van der Waals surface area contributed by atoms with Gasteiger partial charge in [0.1, 0.15) is 0 Å². The number of likely N-dealkylation sites (tertiary alicyclic amines) is 1. The zero-order valence-corrected chi connectivity index (χ0v) is 12.5. The molecular formula is C16H22N4O2. The summed E-state index contributed by atoms with van der Waals surface area (Å²) in [6.45, 7) is 3.81. The molecule has 1 aromatic rings. The highest BCUT2D eigenvalue weighted by Gasteiger charge is 2.31. The van der Waals surface area contributed by atoms with Gasteiger partial charge in [-0.3, -0.25) is 4.79 Å². The standard InChI is InChI=1S/C16H22N4O2/c17-16(22)19-14-3-1-11(2-4-14)15(21)20-7-5-12-9-18-10-13(12)6-8-20/h1-4,12-13,18H,5-10H2,(H3,17,19,22)/t12-,13+. The van der Waals surface area contributed by atoms with Crippen LogP contribution in [0.2, 0.25) is 0 Å². The molecule has 0 aromatic heterocycles. The lowest BCUT2D eigenvalue weighted by atomic mass is 9.92. The molecule has 1 aromatic carbocycles. The predicted molar refractivity (Wildman–Crippen MR) is 84.6 cm³/mol. The number of nitrogens with one attached hydrogen (secondary N) is 2. The van der Waals surface area contributed by atoms with Crippen molar-refractivity contribution in [2.24, 2.45) is 17.6 Å². The minimum absolute atomic E-state index is 0.0681. The van der Waals surface area contributed by atoms with E-state index in [-0.39, 0.29) is 5.91 Å². The van der Waals surface area contributed by atoms with E-state index in [4.69, 9.17) is 5.73 Å². The molecule has 0 radical (unpaired) electrons. The van der Waals surface area contributed by atoms with Gasteiger partial charge in [0.15, 0.2) is 0 Å². The molecule has 2 saturated heterocycles. The third-order valence-corrected chi connectivity index (χ3v) is 4.71.